The number of hydrogen-bond donors (Lipinski definition) is 2. The Balaban J connectivity index is 2.91. The number of methoxy groups -OCH3 is 1. The summed E-state index contributed by atoms with van der Waals surface area (Å²) in [5, 5.41) is 10.6. The number of aromatic amines is 1. The maximum Gasteiger partial charge on any atom is 0.259 e. The molecule has 4 nitrogen and oxygen atoms in total. The van der Waals surface area contributed by atoms with E-state index in [2.05, 4.69) is 4.98 Å². The molecule has 1 aromatic heterocycles. The molecule has 0 unspecified atom stereocenters. The lowest BCUT2D eigenvalue weighted by molar-refractivity contribution is 0.409. The fourth-order valence-corrected chi connectivity index (χ4v) is 1.61. The van der Waals surface area contributed by atoms with E-state index in [1.807, 2.05) is 0 Å². The number of rotatable bonds is 1. The van der Waals surface area contributed by atoms with Gasteiger partial charge in [0.05, 0.1) is 12.5 Å². The Morgan fingerprint density at radius 1 is 1.33 bits per heavy atom. The molecular weight excluding hydrogens is 194 g/mol. The van der Waals surface area contributed by atoms with E-state index in [0.717, 1.165) is 5.69 Å². The van der Waals surface area contributed by atoms with Crippen molar-refractivity contribution in [2.75, 3.05) is 7.11 Å². The molecule has 0 saturated heterocycles. The quantitative estimate of drug-likeness (QED) is 0.742. The number of phenols is 1. The smallest absolute Gasteiger partial charge is 0.259 e. The third-order valence-electron chi connectivity index (χ3n) is 2.27. The van der Waals surface area contributed by atoms with Crippen LogP contribution in [0, 0.1) is 6.92 Å². The van der Waals surface area contributed by atoms with E-state index in [0.29, 0.717) is 16.5 Å². The molecule has 0 aliphatic heterocycles. The van der Waals surface area contributed by atoms with Crippen molar-refractivity contribution in [2.24, 2.45) is 0 Å². The highest BCUT2D eigenvalue weighted by Gasteiger charge is 2.07. The molecule has 0 bridgehead atoms. The molecule has 78 valence electrons. The first-order chi connectivity index (χ1) is 7.11. The van der Waals surface area contributed by atoms with Gasteiger partial charge in [0, 0.05) is 11.8 Å². The highest BCUT2D eigenvalue weighted by atomic mass is 16.5. The molecule has 0 spiro atoms. The maximum absolute atomic E-state index is 11.6. The van der Waals surface area contributed by atoms with Crippen LogP contribution < -0.4 is 10.3 Å². The van der Waals surface area contributed by atoms with Crippen molar-refractivity contribution in [3.8, 4) is 11.5 Å². The van der Waals surface area contributed by atoms with E-state index in [9.17, 15) is 9.90 Å². The number of phenolic OH excluding ortho intramolecular Hbond substituents is 1. The van der Waals surface area contributed by atoms with E-state index < -0.39 is 0 Å². The van der Waals surface area contributed by atoms with Gasteiger partial charge in [-0.05, 0) is 24.4 Å². The van der Waals surface area contributed by atoms with Crippen molar-refractivity contribution >= 4 is 10.8 Å². The largest absolute Gasteiger partial charge is 0.507 e. The van der Waals surface area contributed by atoms with E-state index in [1.165, 1.54) is 13.2 Å². The van der Waals surface area contributed by atoms with Crippen LogP contribution in [0.4, 0.5) is 0 Å². The Labute approximate surface area is 86.1 Å². The van der Waals surface area contributed by atoms with E-state index in [-0.39, 0.29) is 11.3 Å². The van der Waals surface area contributed by atoms with Crippen molar-refractivity contribution < 1.29 is 9.84 Å². The van der Waals surface area contributed by atoms with Gasteiger partial charge in [-0.1, -0.05) is 0 Å². The van der Waals surface area contributed by atoms with Crippen molar-refractivity contribution in [3.63, 3.8) is 0 Å². The van der Waals surface area contributed by atoms with E-state index in [1.54, 1.807) is 19.1 Å². The van der Waals surface area contributed by atoms with Crippen molar-refractivity contribution in [1.29, 1.82) is 0 Å². The first kappa shape index (κ1) is 9.58. The summed E-state index contributed by atoms with van der Waals surface area (Å²) in [6.07, 6.45) is 0. The van der Waals surface area contributed by atoms with Gasteiger partial charge in [-0.25, -0.2) is 0 Å². The molecular formula is C11H11NO3. The van der Waals surface area contributed by atoms with Crippen LogP contribution in [0.15, 0.2) is 23.0 Å². The van der Waals surface area contributed by atoms with Crippen LogP contribution in [0.3, 0.4) is 0 Å². The zero-order chi connectivity index (χ0) is 11.0. The molecule has 0 radical (unpaired) electrons. The highest BCUT2D eigenvalue weighted by molar-refractivity contribution is 5.88. The number of nitrogens with one attached hydrogen (secondary N) is 1. The zero-order valence-electron chi connectivity index (χ0n) is 8.50. The Bertz CT molecular complexity index is 572. The Kier molecular flexibility index (Phi) is 2.11. The molecule has 2 rings (SSSR count). The average molecular weight is 205 g/mol. The number of benzene rings is 1. The predicted molar refractivity (Wildman–Crippen MR) is 57.5 cm³/mol. The summed E-state index contributed by atoms with van der Waals surface area (Å²) >= 11 is 0. The van der Waals surface area contributed by atoms with Crippen LogP contribution in [-0.4, -0.2) is 17.2 Å². The third kappa shape index (κ3) is 1.54. The first-order valence-corrected chi connectivity index (χ1v) is 4.52. The molecule has 0 fully saturated rings. The predicted octanol–water partition coefficient (Wildman–Crippen LogP) is 1.55. The van der Waals surface area contributed by atoms with Crippen LogP contribution in [0.1, 0.15) is 5.69 Å². The fraction of sp³-hybridized carbons (Fsp3) is 0.182. The van der Waals surface area contributed by atoms with Gasteiger partial charge in [-0.3, -0.25) is 4.79 Å². The van der Waals surface area contributed by atoms with Crippen LogP contribution >= 0.6 is 0 Å². The second-order valence-corrected chi connectivity index (χ2v) is 3.39. The number of H-pyrrole nitrogens is 1. The zero-order valence-corrected chi connectivity index (χ0v) is 8.50. The van der Waals surface area contributed by atoms with Crippen LogP contribution in [-0.2, 0) is 0 Å². The lowest BCUT2D eigenvalue weighted by Crippen LogP contribution is -2.07. The summed E-state index contributed by atoms with van der Waals surface area (Å²) in [4.78, 5) is 14.2. The molecule has 2 N–H and O–H groups in total. The number of aromatic hydroxyl groups is 1. The number of aryl methyl sites for hydroxylation is 1. The normalized spacial score (nSPS) is 10.5. The van der Waals surface area contributed by atoms with Crippen molar-refractivity contribution in [2.45, 2.75) is 6.92 Å². The lowest BCUT2D eigenvalue weighted by atomic mass is 10.1. The van der Waals surface area contributed by atoms with Crippen molar-refractivity contribution in [1.82, 2.24) is 4.98 Å². The second-order valence-electron chi connectivity index (χ2n) is 3.39. The van der Waals surface area contributed by atoms with E-state index in [4.69, 9.17) is 4.74 Å². The number of aromatic nitrogens is 1. The third-order valence-corrected chi connectivity index (χ3v) is 2.27. The van der Waals surface area contributed by atoms with Gasteiger partial charge in [-0.15, -0.1) is 0 Å². The molecule has 15 heavy (non-hydrogen) atoms. The van der Waals surface area contributed by atoms with Gasteiger partial charge < -0.3 is 14.8 Å². The highest BCUT2D eigenvalue weighted by Crippen LogP contribution is 2.27. The summed E-state index contributed by atoms with van der Waals surface area (Å²) in [5.41, 5.74) is 0.463. The average Bonchev–Trinajstić information content (AvgIpc) is 2.15. The molecule has 2 aromatic rings. The Morgan fingerprint density at radius 3 is 2.73 bits per heavy atom. The van der Waals surface area contributed by atoms with Gasteiger partial charge in [0.15, 0.2) is 0 Å². The Morgan fingerprint density at radius 2 is 2.07 bits per heavy atom. The molecule has 0 saturated carbocycles. The summed E-state index contributed by atoms with van der Waals surface area (Å²) in [6, 6.07) is 4.93. The minimum Gasteiger partial charge on any atom is -0.507 e. The molecule has 0 aliphatic rings. The molecule has 0 aliphatic carbocycles. The van der Waals surface area contributed by atoms with Gasteiger partial charge >= 0.3 is 0 Å². The number of hydrogen-bond acceptors (Lipinski definition) is 3. The summed E-state index contributed by atoms with van der Waals surface area (Å²) in [7, 11) is 1.51. The van der Waals surface area contributed by atoms with Crippen LogP contribution in [0.5, 0.6) is 11.5 Å². The number of ether oxygens (including phenoxy) is 1. The molecule has 0 atom stereocenters. The summed E-state index contributed by atoms with van der Waals surface area (Å²) in [6.45, 7) is 1.79. The van der Waals surface area contributed by atoms with Gasteiger partial charge in [0.25, 0.3) is 5.56 Å². The summed E-state index contributed by atoms with van der Waals surface area (Å²) < 4.78 is 5.01. The SMILES string of the molecule is COc1cc(O)c2c(=O)[nH]c(C)cc2c1. The van der Waals surface area contributed by atoms with Crippen LogP contribution in [0.2, 0.25) is 0 Å². The fourth-order valence-electron chi connectivity index (χ4n) is 1.61. The topological polar surface area (TPSA) is 62.3 Å². The minimum absolute atomic E-state index is 0.0643. The molecule has 4 heteroatoms. The first-order valence-electron chi connectivity index (χ1n) is 4.52. The van der Waals surface area contributed by atoms with Crippen molar-refractivity contribution in [3.05, 3.63) is 34.2 Å². The maximum atomic E-state index is 11.6. The monoisotopic (exact) mass is 205 g/mol. The minimum atomic E-state index is -0.287. The van der Waals surface area contributed by atoms with Gasteiger partial charge in [-0.2, -0.15) is 0 Å². The Hall–Kier alpha value is -1.97. The molecule has 1 aromatic carbocycles. The summed E-state index contributed by atoms with van der Waals surface area (Å²) in [5.74, 6) is 0.468. The second kappa shape index (κ2) is 3.31. The number of pyridine rings is 1. The lowest BCUT2D eigenvalue weighted by Gasteiger charge is -2.05. The van der Waals surface area contributed by atoms with Gasteiger partial charge in [0.2, 0.25) is 0 Å². The molecule has 1 heterocycles. The van der Waals surface area contributed by atoms with E-state index >= 15 is 0 Å². The molecule has 0 amide bonds. The van der Waals surface area contributed by atoms with Gasteiger partial charge in [0.1, 0.15) is 11.5 Å². The standard InChI is InChI=1S/C11H11NO3/c1-6-3-7-4-8(15-2)5-9(13)10(7)11(14)12-6/h3-5,13H,1-2H3,(H,12,14). The number of fused-ring (bicyclic) bond motifs is 1. The van der Waals surface area contributed by atoms with Crippen LogP contribution in [0.25, 0.3) is 10.8 Å².